The number of nitrogens with one attached hydrogen (secondary N) is 2. The van der Waals surface area contributed by atoms with Gasteiger partial charge in [0.05, 0.1) is 11.5 Å². The molecule has 2 aromatic carbocycles. The van der Waals surface area contributed by atoms with Gasteiger partial charge in [0, 0.05) is 11.3 Å². The smallest absolute Gasteiger partial charge is 0.344 e. The zero-order valence-electron chi connectivity index (χ0n) is 16.4. The molecule has 0 aromatic heterocycles. The SMILES string of the molecule is CCOC(=O)COc1ccccc1/C=C1\S[C@H](Nc2ccc(CC)cc2)NC1=O. The van der Waals surface area contributed by atoms with Crippen LogP contribution in [-0.4, -0.2) is 30.6 Å². The molecule has 0 radical (unpaired) electrons. The first kappa shape index (κ1) is 20.8. The fourth-order valence-electron chi connectivity index (χ4n) is 2.77. The summed E-state index contributed by atoms with van der Waals surface area (Å²) in [6.45, 7) is 3.99. The molecule has 0 bridgehead atoms. The van der Waals surface area contributed by atoms with Crippen molar-refractivity contribution in [3.63, 3.8) is 0 Å². The predicted molar refractivity (Wildman–Crippen MR) is 116 cm³/mol. The average molecular weight is 413 g/mol. The van der Waals surface area contributed by atoms with E-state index in [0.717, 1.165) is 17.7 Å². The Morgan fingerprint density at radius 3 is 2.66 bits per heavy atom. The van der Waals surface area contributed by atoms with Gasteiger partial charge in [0.1, 0.15) is 5.75 Å². The monoisotopic (exact) mass is 412 g/mol. The van der Waals surface area contributed by atoms with Gasteiger partial charge in [-0.25, -0.2) is 4.79 Å². The van der Waals surface area contributed by atoms with Crippen molar-refractivity contribution >= 4 is 35.4 Å². The molecule has 1 saturated heterocycles. The van der Waals surface area contributed by atoms with Gasteiger partial charge in [0.15, 0.2) is 12.1 Å². The first-order chi connectivity index (χ1) is 14.1. The highest BCUT2D eigenvalue weighted by atomic mass is 32.2. The van der Waals surface area contributed by atoms with E-state index in [9.17, 15) is 9.59 Å². The summed E-state index contributed by atoms with van der Waals surface area (Å²) in [4.78, 5) is 24.5. The lowest BCUT2D eigenvalue weighted by molar-refractivity contribution is -0.145. The van der Waals surface area contributed by atoms with Crippen molar-refractivity contribution in [3.05, 3.63) is 64.6 Å². The standard InChI is InChI=1S/C22H24N2O4S/c1-3-15-9-11-17(12-10-15)23-22-24-21(26)19(29-22)13-16-7-5-6-8-18(16)28-14-20(25)27-4-2/h5-13,22-23H,3-4,14H2,1-2H3,(H,24,26)/b19-13-/t22-/m1/s1. The molecule has 1 fully saturated rings. The summed E-state index contributed by atoms with van der Waals surface area (Å²) >= 11 is 1.40. The number of amides is 1. The number of rotatable bonds is 8. The summed E-state index contributed by atoms with van der Waals surface area (Å²) in [5.41, 5.74) is 2.68. The summed E-state index contributed by atoms with van der Waals surface area (Å²) in [6.07, 6.45) is 2.75. The molecule has 1 aliphatic rings. The number of carbonyl (C=O) groups is 2. The highest BCUT2D eigenvalue weighted by Crippen LogP contribution is 2.32. The maximum absolute atomic E-state index is 12.4. The normalized spacial score (nSPS) is 17.1. The highest BCUT2D eigenvalue weighted by molar-refractivity contribution is 8.05. The van der Waals surface area contributed by atoms with Gasteiger partial charge >= 0.3 is 5.97 Å². The molecule has 1 aliphatic heterocycles. The molecule has 1 heterocycles. The van der Waals surface area contributed by atoms with E-state index in [1.165, 1.54) is 17.3 Å². The number of para-hydroxylation sites is 1. The maximum Gasteiger partial charge on any atom is 0.344 e. The predicted octanol–water partition coefficient (Wildman–Crippen LogP) is 3.79. The van der Waals surface area contributed by atoms with E-state index >= 15 is 0 Å². The molecule has 1 amide bonds. The Labute approximate surface area is 174 Å². The van der Waals surface area contributed by atoms with Crippen LogP contribution in [0.4, 0.5) is 5.69 Å². The Balaban J connectivity index is 1.67. The second-order valence-corrected chi connectivity index (χ2v) is 7.45. The Hall–Kier alpha value is -2.93. The van der Waals surface area contributed by atoms with E-state index in [1.54, 1.807) is 19.1 Å². The van der Waals surface area contributed by atoms with Crippen LogP contribution in [0.2, 0.25) is 0 Å². The first-order valence-electron chi connectivity index (χ1n) is 9.51. The first-order valence-corrected chi connectivity index (χ1v) is 10.4. The third-order valence-electron chi connectivity index (χ3n) is 4.25. The van der Waals surface area contributed by atoms with Gasteiger partial charge < -0.3 is 20.1 Å². The average Bonchev–Trinajstić information content (AvgIpc) is 3.07. The van der Waals surface area contributed by atoms with E-state index in [2.05, 4.69) is 29.7 Å². The number of esters is 1. The molecule has 0 saturated carbocycles. The van der Waals surface area contributed by atoms with Crippen molar-refractivity contribution in [2.75, 3.05) is 18.5 Å². The Morgan fingerprint density at radius 1 is 1.17 bits per heavy atom. The summed E-state index contributed by atoms with van der Waals surface area (Å²) in [5, 5.41) is 6.22. The summed E-state index contributed by atoms with van der Waals surface area (Å²) in [7, 11) is 0. The molecular formula is C22H24N2O4S. The van der Waals surface area contributed by atoms with E-state index in [-0.39, 0.29) is 18.0 Å². The second kappa shape index (κ2) is 10.0. The lowest BCUT2D eigenvalue weighted by atomic mass is 10.1. The number of ether oxygens (including phenoxy) is 2. The summed E-state index contributed by atoms with van der Waals surface area (Å²) in [6, 6.07) is 15.4. The number of aryl methyl sites for hydroxylation is 1. The Kier molecular flexibility index (Phi) is 7.19. The third-order valence-corrected chi connectivity index (χ3v) is 5.28. The minimum atomic E-state index is -0.429. The summed E-state index contributed by atoms with van der Waals surface area (Å²) in [5.74, 6) is -0.0628. The van der Waals surface area contributed by atoms with Crippen LogP contribution in [0, 0.1) is 0 Å². The van der Waals surface area contributed by atoms with Crippen LogP contribution in [0.1, 0.15) is 25.0 Å². The second-order valence-electron chi connectivity index (χ2n) is 6.31. The van der Waals surface area contributed by atoms with E-state index in [0.29, 0.717) is 17.3 Å². The molecule has 6 nitrogen and oxygen atoms in total. The van der Waals surface area contributed by atoms with Crippen LogP contribution in [0.5, 0.6) is 5.75 Å². The largest absolute Gasteiger partial charge is 0.481 e. The minimum absolute atomic E-state index is 0.155. The fraction of sp³-hybridized carbons (Fsp3) is 0.273. The molecule has 29 heavy (non-hydrogen) atoms. The van der Waals surface area contributed by atoms with Gasteiger partial charge in [-0.3, -0.25) is 4.79 Å². The van der Waals surface area contributed by atoms with Crippen molar-refractivity contribution in [1.82, 2.24) is 5.32 Å². The molecule has 2 aromatic rings. The molecule has 0 aliphatic carbocycles. The molecule has 152 valence electrons. The van der Waals surface area contributed by atoms with Crippen LogP contribution in [0.15, 0.2) is 53.4 Å². The van der Waals surface area contributed by atoms with Crippen molar-refractivity contribution in [1.29, 1.82) is 0 Å². The van der Waals surface area contributed by atoms with E-state index < -0.39 is 5.97 Å². The fourth-order valence-corrected chi connectivity index (χ4v) is 3.74. The zero-order chi connectivity index (χ0) is 20.6. The molecule has 2 N–H and O–H groups in total. The number of anilines is 1. The quantitative estimate of drug-likeness (QED) is 0.507. The zero-order valence-corrected chi connectivity index (χ0v) is 17.3. The molecule has 0 spiro atoms. The van der Waals surface area contributed by atoms with E-state index in [4.69, 9.17) is 9.47 Å². The Morgan fingerprint density at radius 2 is 1.93 bits per heavy atom. The van der Waals surface area contributed by atoms with Crippen LogP contribution in [-0.2, 0) is 20.7 Å². The van der Waals surface area contributed by atoms with Gasteiger partial charge in [0.2, 0.25) is 0 Å². The molecular weight excluding hydrogens is 388 g/mol. The number of thioether (sulfide) groups is 1. The third kappa shape index (κ3) is 5.77. The van der Waals surface area contributed by atoms with Gasteiger partial charge in [-0.05, 0) is 43.2 Å². The van der Waals surface area contributed by atoms with Crippen molar-refractivity contribution in [2.45, 2.75) is 25.8 Å². The number of benzene rings is 2. The Bertz CT molecular complexity index is 896. The summed E-state index contributed by atoms with van der Waals surface area (Å²) < 4.78 is 10.4. The van der Waals surface area contributed by atoms with E-state index in [1.807, 2.05) is 30.3 Å². The maximum atomic E-state index is 12.4. The number of carbonyl (C=O) groups excluding carboxylic acids is 2. The lowest BCUT2D eigenvalue weighted by Gasteiger charge is -2.13. The van der Waals surface area contributed by atoms with Gasteiger partial charge in [-0.2, -0.15) is 0 Å². The molecule has 3 rings (SSSR count). The van der Waals surface area contributed by atoms with Crippen LogP contribution in [0.3, 0.4) is 0 Å². The van der Waals surface area contributed by atoms with Crippen LogP contribution in [0.25, 0.3) is 6.08 Å². The highest BCUT2D eigenvalue weighted by Gasteiger charge is 2.27. The molecule has 0 unspecified atom stereocenters. The van der Waals surface area contributed by atoms with Crippen molar-refractivity contribution in [3.8, 4) is 5.75 Å². The molecule has 7 heteroatoms. The molecule has 1 atom stereocenters. The number of hydrogen-bond donors (Lipinski definition) is 2. The minimum Gasteiger partial charge on any atom is -0.481 e. The van der Waals surface area contributed by atoms with Crippen LogP contribution >= 0.6 is 11.8 Å². The topological polar surface area (TPSA) is 76.7 Å². The van der Waals surface area contributed by atoms with Gasteiger partial charge in [-0.15, -0.1) is 0 Å². The lowest BCUT2D eigenvalue weighted by Crippen LogP contribution is -2.30. The van der Waals surface area contributed by atoms with Gasteiger partial charge in [0.25, 0.3) is 5.91 Å². The van der Waals surface area contributed by atoms with Gasteiger partial charge in [-0.1, -0.05) is 49.0 Å². The number of hydrogen-bond acceptors (Lipinski definition) is 6. The van der Waals surface area contributed by atoms with Crippen molar-refractivity contribution in [2.24, 2.45) is 0 Å². The van der Waals surface area contributed by atoms with Crippen molar-refractivity contribution < 1.29 is 19.1 Å². The van der Waals surface area contributed by atoms with Crippen LogP contribution < -0.4 is 15.4 Å².